The van der Waals surface area contributed by atoms with Crippen molar-refractivity contribution in [1.29, 1.82) is 0 Å². The Morgan fingerprint density at radius 3 is 2.61 bits per heavy atom. The standard InChI is InChI=1S/C14H12Cl2O2/c15-12-5-4-11(14(16)7-12)9-18-13-3-1-2-10(6-13)8-17/h1-7,17H,8-9H2. The summed E-state index contributed by atoms with van der Waals surface area (Å²) in [5.41, 5.74) is 1.69. The average Bonchev–Trinajstić information content (AvgIpc) is 2.38. The Bertz CT molecular complexity index is 541. The number of hydrogen-bond acceptors (Lipinski definition) is 2. The molecule has 0 saturated carbocycles. The normalized spacial score (nSPS) is 10.4. The summed E-state index contributed by atoms with van der Waals surface area (Å²) >= 11 is 11.9. The maximum atomic E-state index is 9.03. The fourth-order valence-electron chi connectivity index (χ4n) is 1.53. The lowest BCUT2D eigenvalue weighted by molar-refractivity contribution is 0.278. The molecule has 0 radical (unpaired) electrons. The van der Waals surface area contributed by atoms with Crippen LogP contribution >= 0.6 is 23.2 Å². The molecule has 0 spiro atoms. The van der Waals surface area contributed by atoms with Crippen LogP contribution in [0.2, 0.25) is 10.0 Å². The van der Waals surface area contributed by atoms with Crippen molar-refractivity contribution < 1.29 is 9.84 Å². The third-order valence-corrected chi connectivity index (χ3v) is 3.08. The molecule has 0 heterocycles. The van der Waals surface area contributed by atoms with Gasteiger partial charge in [0, 0.05) is 15.6 Å². The summed E-state index contributed by atoms with van der Waals surface area (Å²) in [6, 6.07) is 12.6. The van der Waals surface area contributed by atoms with Crippen molar-refractivity contribution in [3.63, 3.8) is 0 Å². The zero-order chi connectivity index (χ0) is 13.0. The first-order valence-corrected chi connectivity index (χ1v) is 6.21. The van der Waals surface area contributed by atoms with Crippen LogP contribution in [-0.2, 0) is 13.2 Å². The molecule has 18 heavy (non-hydrogen) atoms. The van der Waals surface area contributed by atoms with Crippen molar-refractivity contribution in [3.05, 3.63) is 63.6 Å². The van der Waals surface area contributed by atoms with E-state index in [0.29, 0.717) is 22.4 Å². The van der Waals surface area contributed by atoms with E-state index in [-0.39, 0.29) is 6.61 Å². The zero-order valence-electron chi connectivity index (χ0n) is 9.57. The van der Waals surface area contributed by atoms with Gasteiger partial charge >= 0.3 is 0 Å². The second kappa shape index (κ2) is 6.10. The van der Waals surface area contributed by atoms with Crippen LogP contribution < -0.4 is 4.74 Å². The Kier molecular flexibility index (Phi) is 4.48. The lowest BCUT2D eigenvalue weighted by Gasteiger charge is -2.09. The molecule has 94 valence electrons. The monoisotopic (exact) mass is 282 g/mol. The maximum absolute atomic E-state index is 9.03. The quantitative estimate of drug-likeness (QED) is 0.916. The fourth-order valence-corrected chi connectivity index (χ4v) is 2.00. The second-order valence-corrected chi connectivity index (χ2v) is 4.67. The van der Waals surface area contributed by atoms with Gasteiger partial charge in [-0.1, -0.05) is 41.4 Å². The first-order chi connectivity index (χ1) is 8.69. The minimum atomic E-state index is -0.00109. The molecule has 0 unspecified atom stereocenters. The highest BCUT2D eigenvalue weighted by Crippen LogP contribution is 2.23. The van der Waals surface area contributed by atoms with Crippen LogP contribution in [0.3, 0.4) is 0 Å². The number of aliphatic hydroxyl groups excluding tert-OH is 1. The van der Waals surface area contributed by atoms with Crippen LogP contribution in [0.4, 0.5) is 0 Å². The van der Waals surface area contributed by atoms with Crippen LogP contribution in [0.5, 0.6) is 5.75 Å². The molecule has 2 aromatic carbocycles. The molecule has 0 bridgehead atoms. The van der Waals surface area contributed by atoms with E-state index < -0.39 is 0 Å². The Morgan fingerprint density at radius 1 is 1.06 bits per heavy atom. The summed E-state index contributed by atoms with van der Waals surface area (Å²) in [6.45, 7) is 0.365. The Morgan fingerprint density at radius 2 is 1.89 bits per heavy atom. The summed E-state index contributed by atoms with van der Waals surface area (Å²) in [4.78, 5) is 0. The number of rotatable bonds is 4. The van der Waals surface area contributed by atoms with Gasteiger partial charge in [0.05, 0.1) is 6.61 Å². The highest BCUT2D eigenvalue weighted by Gasteiger charge is 2.03. The highest BCUT2D eigenvalue weighted by molar-refractivity contribution is 6.35. The molecule has 0 amide bonds. The van der Waals surface area contributed by atoms with Crippen molar-refractivity contribution in [2.75, 3.05) is 0 Å². The Labute approximate surface area is 116 Å². The second-order valence-electron chi connectivity index (χ2n) is 3.83. The van der Waals surface area contributed by atoms with E-state index in [4.69, 9.17) is 33.0 Å². The van der Waals surface area contributed by atoms with Crippen LogP contribution in [0.1, 0.15) is 11.1 Å². The third kappa shape index (κ3) is 3.39. The zero-order valence-corrected chi connectivity index (χ0v) is 11.1. The van der Waals surface area contributed by atoms with Gasteiger partial charge < -0.3 is 9.84 Å². The van der Waals surface area contributed by atoms with Gasteiger partial charge in [-0.3, -0.25) is 0 Å². The Hall–Kier alpha value is -1.22. The van der Waals surface area contributed by atoms with E-state index >= 15 is 0 Å². The van der Waals surface area contributed by atoms with Gasteiger partial charge in [0.25, 0.3) is 0 Å². The van der Waals surface area contributed by atoms with E-state index in [1.807, 2.05) is 24.3 Å². The number of halogens is 2. The van der Waals surface area contributed by atoms with Gasteiger partial charge in [-0.25, -0.2) is 0 Å². The van der Waals surface area contributed by atoms with Gasteiger partial charge in [0.1, 0.15) is 12.4 Å². The number of hydrogen-bond donors (Lipinski definition) is 1. The first kappa shape index (κ1) is 13.2. The third-order valence-electron chi connectivity index (χ3n) is 2.49. The van der Waals surface area contributed by atoms with E-state index in [0.717, 1.165) is 11.1 Å². The van der Waals surface area contributed by atoms with Crippen molar-refractivity contribution in [2.45, 2.75) is 13.2 Å². The van der Waals surface area contributed by atoms with Gasteiger partial charge in [0.15, 0.2) is 0 Å². The molecule has 0 aromatic heterocycles. The van der Waals surface area contributed by atoms with E-state index in [2.05, 4.69) is 0 Å². The molecular formula is C14H12Cl2O2. The number of aliphatic hydroxyl groups is 1. The predicted molar refractivity (Wildman–Crippen MR) is 73.2 cm³/mol. The van der Waals surface area contributed by atoms with Crippen molar-refractivity contribution >= 4 is 23.2 Å². The highest BCUT2D eigenvalue weighted by atomic mass is 35.5. The van der Waals surface area contributed by atoms with E-state index in [1.165, 1.54) is 0 Å². The van der Waals surface area contributed by atoms with Gasteiger partial charge in [-0.15, -0.1) is 0 Å². The van der Waals surface area contributed by atoms with Crippen LogP contribution in [0, 0.1) is 0 Å². The molecule has 0 aliphatic carbocycles. The maximum Gasteiger partial charge on any atom is 0.120 e. The number of ether oxygens (including phenoxy) is 1. The Balaban J connectivity index is 2.06. The van der Waals surface area contributed by atoms with Gasteiger partial charge in [-0.2, -0.15) is 0 Å². The number of benzene rings is 2. The van der Waals surface area contributed by atoms with Crippen molar-refractivity contribution in [2.24, 2.45) is 0 Å². The van der Waals surface area contributed by atoms with Gasteiger partial charge in [0.2, 0.25) is 0 Å². The average molecular weight is 283 g/mol. The summed E-state index contributed by atoms with van der Waals surface area (Å²) in [7, 11) is 0. The van der Waals surface area contributed by atoms with E-state index in [9.17, 15) is 0 Å². The predicted octanol–water partition coefficient (Wildman–Crippen LogP) is 4.06. The minimum absolute atomic E-state index is 0.00109. The van der Waals surface area contributed by atoms with Gasteiger partial charge in [-0.05, 0) is 29.8 Å². The SMILES string of the molecule is OCc1cccc(OCc2ccc(Cl)cc2Cl)c1. The molecule has 2 rings (SSSR count). The molecule has 0 saturated heterocycles. The smallest absolute Gasteiger partial charge is 0.120 e. The van der Waals surface area contributed by atoms with Crippen molar-refractivity contribution in [3.8, 4) is 5.75 Å². The summed E-state index contributed by atoms with van der Waals surface area (Å²) < 4.78 is 5.62. The lowest BCUT2D eigenvalue weighted by atomic mass is 10.2. The molecular weight excluding hydrogens is 271 g/mol. The molecule has 1 N–H and O–H groups in total. The lowest BCUT2D eigenvalue weighted by Crippen LogP contribution is -1.97. The molecule has 2 nitrogen and oxygen atoms in total. The molecule has 0 aliphatic heterocycles. The van der Waals surface area contributed by atoms with E-state index in [1.54, 1.807) is 18.2 Å². The van der Waals surface area contributed by atoms with Crippen LogP contribution in [-0.4, -0.2) is 5.11 Å². The molecule has 0 aliphatic rings. The molecule has 0 fully saturated rings. The van der Waals surface area contributed by atoms with Crippen molar-refractivity contribution in [1.82, 2.24) is 0 Å². The first-order valence-electron chi connectivity index (χ1n) is 5.45. The molecule has 0 atom stereocenters. The minimum Gasteiger partial charge on any atom is -0.489 e. The van der Waals surface area contributed by atoms with Crippen LogP contribution in [0.25, 0.3) is 0 Å². The van der Waals surface area contributed by atoms with Crippen LogP contribution in [0.15, 0.2) is 42.5 Å². The largest absolute Gasteiger partial charge is 0.489 e. The topological polar surface area (TPSA) is 29.5 Å². The molecule has 4 heteroatoms. The summed E-state index contributed by atoms with van der Waals surface area (Å²) in [5.74, 6) is 0.701. The fraction of sp³-hybridized carbons (Fsp3) is 0.143. The summed E-state index contributed by atoms with van der Waals surface area (Å²) in [5, 5.41) is 10.2. The summed E-state index contributed by atoms with van der Waals surface area (Å²) in [6.07, 6.45) is 0. The molecule has 2 aromatic rings.